The molecule has 0 saturated heterocycles. The molecule has 2 aromatic rings. The number of hydrogen-bond acceptors (Lipinski definition) is 3. The van der Waals surface area contributed by atoms with Gasteiger partial charge in [-0.3, -0.25) is 4.98 Å². The van der Waals surface area contributed by atoms with Crippen LogP contribution in [0.15, 0.2) is 36.7 Å². The van der Waals surface area contributed by atoms with Crippen molar-refractivity contribution in [1.82, 2.24) is 10.3 Å². The highest BCUT2D eigenvalue weighted by molar-refractivity contribution is 5.39. The van der Waals surface area contributed by atoms with Crippen molar-refractivity contribution in [3.8, 4) is 5.75 Å². The zero-order chi connectivity index (χ0) is 14.7. The number of hydrogen-bond donors (Lipinski definition) is 1. The molecule has 0 saturated carbocycles. The van der Waals surface area contributed by atoms with Crippen molar-refractivity contribution in [2.45, 2.75) is 38.8 Å². The monoisotopic (exact) mass is 282 g/mol. The van der Waals surface area contributed by atoms with Gasteiger partial charge in [0.25, 0.3) is 0 Å². The number of nitrogens with one attached hydrogen (secondary N) is 1. The molecule has 0 fully saturated rings. The third-order valence-corrected chi connectivity index (χ3v) is 4.34. The normalized spacial score (nSPS) is 17.3. The second-order valence-corrected chi connectivity index (χ2v) is 5.69. The van der Waals surface area contributed by atoms with E-state index in [-0.39, 0.29) is 0 Å². The van der Waals surface area contributed by atoms with E-state index in [2.05, 4.69) is 41.5 Å². The minimum absolute atomic E-state index is 0.413. The Bertz CT molecular complexity index is 624. The summed E-state index contributed by atoms with van der Waals surface area (Å²) in [7, 11) is 1.73. The van der Waals surface area contributed by atoms with Crippen molar-refractivity contribution >= 4 is 0 Å². The highest BCUT2D eigenvalue weighted by Crippen LogP contribution is 2.32. The van der Waals surface area contributed by atoms with E-state index < -0.39 is 0 Å². The molecular weight excluding hydrogens is 260 g/mol. The molecule has 110 valence electrons. The quantitative estimate of drug-likeness (QED) is 0.931. The first-order valence-corrected chi connectivity index (χ1v) is 7.57. The highest BCUT2D eigenvalue weighted by atomic mass is 16.5. The van der Waals surface area contributed by atoms with Gasteiger partial charge in [0.05, 0.1) is 7.11 Å². The van der Waals surface area contributed by atoms with Gasteiger partial charge in [0.1, 0.15) is 5.75 Å². The minimum Gasteiger partial charge on any atom is -0.497 e. The lowest BCUT2D eigenvalue weighted by Gasteiger charge is -2.27. The van der Waals surface area contributed by atoms with Gasteiger partial charge in [0.2, 0.25) is 0 Å². The first-order valence-electron chi connectivity index (χ1n) is 7.57. The second kappa shape index (κ2) is 6.27. The number of nitrogens with zero attached hydrogens (tertiary/aromatic N) is 1. The molecule has 1 heterocycles. The van der Waals surface area contributed by atoms with Crippen LogP contribution in [0.5, 0.6) is 5.75 Å². The number of pyridine rings is 1. The van der Waals surface area contributed by atoms with Gasteiger partial charge in [0.15, 0.2) is 0 Å². The predicted octanol–water partition coefficient (Wildman–Crippen LogP) is 3.57. The molecule has 0 radical (unpaired) electrons. The number of aromatic nitrogens is 1. The molecule has 3 heteroatoms. The van der Waals surface area contributed by atoms with E-state index in [0.29, 0.717) is 6.04 Å². The van der Waals surface area contributed by atoms with Gasteiger partial charge in [-0.15, -0.1) is 0 Å². The van der Waals surface area contributed by atoms with Crippen LogP contribution in [0.3, 0.4) is 0 Å². The average Bonchev–Trinajstić information content (AvgIpc) is 2.53. The zero-order valence-electron chi connectivity index (χ0n) is 12.7. The number of methoxy groups -OCH3 is 1. The Hall–Kier alpha value is -1.87. The van der Waals surface area contributed by atoms with Crippen molar-refractivity contribution in [3.05, 3.63) is 58.9 Å². The van der Waals surface area contributed by atoms with Gasteiger partial charge in [-0.1, -0.05) is 6.07 Å². The zero-order valence-corrected chi connectivity index (χ0v) is 12.7. The van der Waals surface area contributed by atoms with E-state index in [1.54, 1.807) is 7.11 Å². The Morgan fingerprint density at radius 1 is 1.33 bits per heavy atom. The Balaban J connectivity index is 1.77. The van der Waals surface area contributed by atoms with Crippen LogP contribution in [0.25, 0.3) is 0 Å². The maximum atomic E-state index is 5.37. The first kappa shape index (κ1) is 14.1. The van der Waals surface area contributed by atoms with Gasteiger partial charge in [0, 0.05) is 25.0 Å². The van der Waals surface area contributed by atoms with Crippen LogP contribution in [-0.2, 0) is 13.0 Å². The number of fused-ring (bicyclic) bond motifs is 1. The number of ether oxygens (including phenoxy) is 1. The molecule has 1 atom stereocenters. The largest absolute Gasteiger partial charge is 0.497 e. The van der Waals surface area contributed by atoms with Crippen molar-refractivity contribution in [2.24, 2.45) is 0 Å². The van der Waals surface area contributed by atoms with E-state index in [4.69, 9.17) is 4.74 Å². The molecule has 0 bridgehead atoms. The average molecular weight is 282 g/mol. The summed E-state index contributed by atoms with van der Waals surface area (Å²) in [5, 5.41) is 3.70. The topological polar surface area (TPSA) is 34.1 Å². The maximum absolute atomic E-state index is 5.37. The van der Waals surface area contributed by atoms with E-state index in [0.717, 1.165) is 12.3 Å². The predicted molar refractivity (Wildman–Crippen MR) is 84.5 cm³/mol. The Morgan fingerprint density at radius 3 is 3.05 bits per heavy atom. The fourth-order valence-corrected chi connectivity index (χ4v) is 3.05. The summed E-state index contributed by atoms with van der Waals surface area (Å²) in [6.45, 7) is 3.00. The van der Waals surface area contributed by atoms with E-state index in [1.807, 2.05) is 12.4 Å². The van der Waals surface area contributed by atoms with Gasteiger partial charge in [-0.05, 0) is 66.6 Å². The lowest BCUT2D eigenvalue weighted by atomic mass is 9.87. The smallest absolute Gasteiger partial charge is 0.119 e. The molecular formula is C18H22N2O. The molecule has 1 unspecified atom stereocenters. The summed E-state index contributed by atoms with van der Waals surface area (Å²) >= 11 is 0. The van der Waals surface area contributed by atoms with Crippen molar-refractivity contribution in [1.29, 1.82) is 0 Å². The van der Waals surface area contributed by atoms with Crippen LogP contribution in [0.2, 0.25) is 0 Å². The van der Waals surface area contributed by atoms with Crippen molar-refractivity contribution in [2.75, 3.05) is 7.11 Å². The molecule has 1 N–H and O–H groups in total. The van der Waals surface area contributed by atoms with Gasteiger partial charge in [-0.25, -0.2) is 0 Å². The second-order valence-electron chi connectivity index (χ2n) is 5.69. The molecule has 21 heavy (non-hydrogen) atoms. The molecule has 0 aliphatic heterocycles. The Kier molecular flexibility index (Phi) is 4.20. The molecule has 3 rings (SSSR count). The van der Waals surface area contributed by atoms with Crippen LogP contribution >= 0.6 is 0 Å². The van der Waals surface area contributed by atoms with E-state index >= 15 is 0 Å². The SMILES string of the molecule is COc1ccc2c(c1)C(NCc1ccncc1C)CCC2. The molecule has 0 spiro atoms. The minimum atomic E-state index is 0.413. The fraction of sp³-hybridized carbons (Fsp3) is 0.389. The summed E-state index contributed by atoms with van der Waals surface area (Å²) in [4.78, 5) is 4.15. The lowest BCUT2D eigenvalue weighted by Crippen LogP contribution is -2.25. The molecule has 3 nitrogen and oxygen atoms in total. The molecule has 1 aliphatic carbocycles. The molecule has 0 amide bonds. The number of rotatable bonds is 4. The summed E-state index contributed by atoms with van der Waals surface area (Å²) in [6, 6.07) is 8.97. The van der Waals surface area contributed by atoms with Crippen LogP contribution < -0.4 is 10.1 Å². The van der Waals surface area contributed by atoms with E-state index in [9.17, 15) is 0 Å². The summed E-state index contributed by atoms with van der Waals surface area (Å²) in [5.74, 6) is 0.947. The molecule has 1 aliphatic rings. The summed E-state index contributed by atoms with van der Waals surface area (Å²) < 4.78 is 5.37. The van der Waals surface area contributed by atoms with Crippen LogP contribution in [0.1, 0.15) is 41.1 Å². The fourth-order valence-electron chi connectivity index (χ4n) is 3.05. The third kappa shape index (κ3) is 3.08. The molecule has 1 aromatic heterocycles. The van der Waals surface area contributed by atoms with Crippen molar-refractivity contribution in [3.63, 3.8) is 0 Å². The van der Waals surface area contributed by atoms with Crippen LogP contribution in [0, 0.1) is 6.92 Å². The number of benzene rings is 1. The lowest BCUT2D eigenvalue weighted by molar-refractivity contribution is 0.408. The van der Waals surface area contributed by atoms with Gasteiger partial charge < -0.3 is 10.1 Å². The van der Waals surface area contributed by atoms with Gasteiger partial charge in [-0.2, -0.15) is 0 Å². The Labute approximate surface area is 126 Å². The van der Waals surface area contributed by atoms with E-state index in [1.165, 1.54) is 41.5 Å². The van der Waals surface area contributed by atoms with Crippen LogP contribution in [0.4, 0.5) is 0 Å². The summed E-state index contributed by atoms with van der Waals surface area (Å²) in [5.41, 5.74) is 5.41. The Morgan fingerprint density at radius 2 is 2.24 bits per heavy atom. The van der Waals surface area contributed by atoms with Gasteiger partial charge >= 0.3 is 0 Å². The maximum Gasteiger partial charge on any atom is 0.119 e. The number of aryl methyl sites for hydroxylation is 2. The molecule has 1 aromatic carbocycles. The first-order chi connectivity index (χ1) is 10.3. The van der Waals surface area contributed by atoms with Crippen LogP contribution in [-0.4, -0.2) is 12.1 Å². The summed E-state index contributed by atoms with van der Waals surface area (Å²) in [6.07, 6.45) is 7.39. The third-order valence-electron chi connectivity index (χ3n) is 4.34. The van der Waals surface area contributed by atoms with Crippen molar-refractivity contribution < 1.29 is 4.74 Å². The highest BCUT2D eigenvalue weighted by Gasteiger charge is 2.20. The standard InChI is InChI=1S/C18H22N2O/c1-13-11-19-9-8-15(13)12-20-18-5-3-4-14-6-7-16(21-2)10-17(14)18/h6-11,18,20H,3-5,12H2,1-2H3.